The maximum Gasteiger partial charge on any atom is 0.481 e. The number of phosphoric ester groups is 1. The number of phosphoric acid groups is 2. The van der Waals surface area contributed by atoms with E-state index < -0.39 is 15.6 Å². The topological polar surface area (TPSA) is 168 Å². The van der Waals surface area contributed by atoms with Crippen LogP contribution in [0.5, 0.6) is 0 Å². The lowest BCUT2D eigenvalue weighted by molar-refractivity contribution is 0.172. The lowest BCUT2D eigenvalue weighted by atomic mass is 10.1. The molecule has 0 saturated heterocycles. The number of thiocarbonyl (C=S) groups is 1. The zero-order chi connectivity index (χ0) is 20.0. The average Bonchev–Trinajstić information content (AvgIpc) is 2.48. The first kappa shape index (κ1) is 23.1. The van der Waals surface area contributed by atoms with E-state index in [1.54, 1.807) is 13.1 Å². The molecule has 0 amide bonds. The van der Waals surface area contributed by atoms with Crippen LogP contribution in [0.25, 0.3) is 0 Å². The number of nitrogens with zero attached hydrogens (tertiary/aromatic N) is 3. The Hall–Kier alpha value is -0.970. The number of nitrogen functional groups attached to an aromatic ring is 1. The van der Waals surface area contributed by atoms with Crippen molar-refractivity contribution in [1.29, 1.82) is 0 Å². The van der Waals surface area contributed by atoms with Gasteiger partial charge in [0.15, 0.2) is 0 Å². The minimum Gasteiger partial charge on any atom is -0.383 e. The molecule has 0 bridgehead atoms. The molecule has 148 valence electrons. The first-order valence-electron chi connectivity index (χ1n) is 7.47. The molecule has 0 aromatic carbocycles. The van der Waals surface area contributed by atoms with E-state index in [1.165, 1.54) is 5.49 Å². The summed E-state index contributed by atoms with van der Waals surface area (Å²) in [6.07, 6.45) is 2.48. The molecule has 26 heavy (non-hydrogen) atoms. The summed E-state index contributed by atoms with van der Waals surface area (Å²) in [6.45, 7) is 3.80. The van der Waals surface area contributed by atoms with Gasteiger partial charge in [0, 0.05) is 24.3 Å². The second-order valence-corrected chi connectivity index (χ2v) is 8.51. The Morgan fingerprint density at radius 3 is 2.62 bits per heavy atom. The van der Waals surface area contributed by atoms with Gasteiger partial charge in [-0.3, -0.25) is 4.52 Å². The minimum absolute atomic E-state index is 0.0578. The lowest BCUT2D eigenvalue weighted by Gasteiger charge is -2.27. The van der Waals surface area contributed by atoms with E-state index in [0.29, 0.717) is 31.0 Å². The van der Waals surface area contributed by atoms with Crippen LogP contribution in [0.15, 0.2) is 6.20 Å². The predicted octanol–water partition coefficient (Wildman–Crippen LogP) is 1.52. The van der Waals surface area contributed by atoms with Crippen LogP contribution < -0.4 is 5.73 Å². The van der Waals surface area contributed by atoms with Gasteiger partial charge in [0.05, 0.1) is 12.1 Å². The van der Waals surface area contributed by atoms with Gasteiger partial charge >= 0.3 is 15.6 Å². The summed E-state index contributed by atoms with van der Waals surface area (Å²) in [5.41, 5.74) is 8.05. The molecular formula is C12H22N4O7P2S. The Kier molecular flexibility index (Phi) is 8.71. The molecule has 0 saturated carbocycles. The number of nitrogens with two attached hydrogens (primary N) is 1. The molecule has 2 atom stereocenters. The van der Waals surface area contributed by atoms with E-state index in [9.17, 15) is 14.0 Å². The summed E-state index contributed by atoms with van der Waals surface area (Å²) in [6, 6.07) is -0.0578. The highest BCUT2D eigenvalue weighted by molar-refractivity contribution is 7.78. The number of anilines is 1. The highest BCUT2D eigenvalue weighted by Crippen LogP contribution is 2.57. The van der Waals surface area contributed by atoms with Gasteiger partial charge < -0.3 is 25.3 Å². The zero-order valence-electron chi connectivity index (χ0n) is 14.3. The molecule has 0 aliphatic carbocycles. The van der Waals surface area contributed by atoms with Crippen LogP contribution in [-0.2, 0) is 24.5 Å². The molecule has 11 nitrogen and oxygen atoms in total. The second-order valence-electron chi connectivity index (χ2n) is 5.47. The molecule has 1 heterocycles. The number of aryl methyl sites for hydroxylation is 1. The second kappa shape index (κ2) is 9.82. The molecule has 1 unspecified atom stereocenters. The van der Waals surface area contributed by atoms with Crippen molar-refractivity contribution in [3.8, 4) is 0 Å². The lowest BCUT2D eigenvalue weighted by Crippen LogP contribution is -2.31. The standard InChI is InChI=1S/C12H22N4O7P2S/c1-9(4-3-5-22-25(20,21)23-24(17,18)19)16(8-26)7-11-6-14-10(2)15-12(11)13/h6,8-9H,3-5,7H2,1-2H3,(H,20,21)(H2,13,14,15)(H2,17,18,19)/t9-/m0/s1. The first-order chi connectivity index (χ1) is 11.9. The van der Waals surface area contributed by atoms with Crippen molar-refractivity contribution >= 4 is 39.2 Å². The van der Waals surface area contributed by atoms with Crippen molar-refractivity contribution in [2.75, 3.05) is 12.3 Å². The smallest absolute Gasteiger partial charge is 0.383 e. The quantitative estimate of drug-likeness (QED) is 0.228. The summed E-state index contributed by atoms with van der Waals surface area (Å²) in [7, 11) is -9.92. The van der Waals surface area contributed by atoms with Crippen molar-refractivity contribution in [2.45, 2.75) is 39.3 Å². The first-order valence-corrected chi connectivity index (χ1v) is 11.0. The van der Waals surface area contributed by atoms with Crippen LogP contribution in [0.2, 0.25) is 0 Å². The Balaban J connectivity index is 2.50. The fourth-order valence-corrected chi connectivity index (χ4v) is 3.92. The van der Waals surface area contributed by atoms with Gasteiger partial charge in [-0.25, -0.2) is 19.1 Å². The average molecular weight is 428 g/mol. The van der Waals surface area contributed by atoms with Gasteiger partial charge in [-0.15, -0.1) is 0 Å². The Bertz CT molecular complexity index is 717. The molecule has 1 aromatic rings. The number of hydrogen-bond acceptors (Lipinski definition) is 8. The van der Waals surface area contributed by atoms with E-state index in [4.69, 9.17) is 27.7 Å². The normalized spacial score (nSPS) is 15.3. The molecule has 1 rings (SSSR count). The molecule has 0 aliphatic heterocycles. The van der Waals surface area contributed by atoms with Crippen molar-refractivity contribution in [2.24, 2.45) is 0 Å². The van der Waals surface area contributed by atoms with Crippen LogP contribution in [0.4, 0.5) is 5.82 Å². The van der Waals surface area contributed by atoms with Crippen LogP contribution in [0.3, 0.4) is 0 Å². The van der Waals surface area contributed by atoms with E-state index in [-0.39, 0.29) is 12.6 Å². The van der Waals surface area contributed by atoms with Crippen molar-refractivity contribution in [3.63, 3.8) is 0 Å². The molecule has 0 aliphatic rings. The minimum atomic E-state index is -5.11. The van der Waals surface area contributed by atoms with E-state index in [1.807, 2.05) is 11.8 Å². The molecule has 14 heteroatoms. The zero-order valence-corrected chi connectivity index (χ0v) is 16.9. The molecule has 0 spiro atoms. The Labute approximate surface area is 156 Å². The molecule has 5 N–H and O–H groups in total. The van der Waals surface area contributed by atoms with E-state index >= 15 is 0 Å². The van der Waals surface area contributed by atoms with Gasteiger partial charge in [0.25, 0.3) is 0 Å². The third kappa shape index (κ3) is 8.61. The van der Waals surface area contributed by atoms with Crippen LogP contribution >= 0.6 is 27.9 Å². The third-order valence-corrected chi connectivity index (χ3v) is 5.76. The fraction of sp³-hybridized carbons (Fsp3) is 0.583. The molecular weight excluding hydrogens is 406 g/mol. The van der Waals surface area contributed by atoms with E-state index in [0.717, 1.165) is 5.56 Å². The highest BCUT2D eigenvalue weighted by Gasteiger charge is 2.32. The third-order valence-electron chi connectivity index (χ3n) is 3.30. The van der Waals surface area contributed by atoms with Gasteiger partial charge in [-0.05, 0) is 26.7 Å². The van der Waals surface area contributed by atoms with Crippen LogP contribution in [0, 0.1) is 6.92 Å². The molecule has 1 aromatic heterocycles. The van der Waals surface area contributed by atoms with Crippen molar-refractivity contribution in [3.05, 3.63) is 17.6 Å². The number of aromatic nitrogens is 2. The van der Waals surface area contributed by atoms with Crippen molar-refractivity contribution < 1.29 is 32.6 Å². The largest absolute Gasteiger partial charge is 0.481 e. The fourth-order valence-electron chi connectivity index (χ4n) is 2.01. The number of hydrogen-bond donors (Lipinski definition) is 4. The monoisotopic (exact) mass is 428 g/mol. The summed E-state index contributed by atoms with van der Waals surface area (Å²) in [4.78, 5) is 36.2. The SMILES string of the molecule is Cc1ncc(CN(C=S)[C@@H](C)CCCOP(=O)(O)OP(=O)(O)O)c(N)n1. The summed E-state index contributed by atoms with van der Waals surface area (Å²) in [5.74, 6) is 0.932. The summed E-state index contributed by atoms with van der Waals surface area (Å²) in [5, 5.41) is 0. The summed E-state index contributed by atoms with van der Waals surface area (Å²) < 4.78 is 30.1. The van der Waals surface area contributed by atoms with Crippen molar-refractivity contribution in [1.82, 2.24) is 14.9 Å². The number of rotatable bonds is 11. The predicted molar refractivity (Wildman–Crippen MR) is 98.0 cm³/mol. The molecule has 0 fully saturated rings. The maximum absolute atomic E-state index is 11.3. The molecule has 0 radical (unpaired) electrons. The Morgan fingerprint density at radius 1 is 1.42 bits per heavy atom. The highest BCUT2D eigenvalue weighted by atomic mass is 32.1. The van der Waals surface area contributed by atoms with E-state index in [2.05, 4.69) is 18.8 Å². The maximum atomic E-state index is 11.3. The van der Waals surface area contributed by atoms with Crippen LogP contribution in [-0.4, -0.2) is 47.7 Å². The van der Waals surface area contributed by atoms with Crippen LogP contribution in [0.1, 0.15) is 31.2 Å². The van der Waals surface area contributed by atoms with Gasteiger partial charge in [-0.2, -0.15) is 4.31 Å². The Morgan fingerprint density at radius 2 is 2.08 bits per heavy atom. The van der Waals surface area contributed by atoms with Gasteiger partial charge in [-0.1, -0.05) is 12.2 Å². The van der Waals surface area contributed by atoms with Gasteiger partial charge in [0.2, 0.25) is 0 Å². The van der Waals surface area contributed by atoms with Gasteiger partial charge in [0.1, 0.15) is 11.6 Å². The summed E-state index contributed by atoms with van der Waals surface area (Å²) >= 11 is 5.01.